The fourth-order valence-corrected chi connectivity index (χ4v) is 2.06. The van der Waals surface area contributed by atoms with Crippen LogP contribution in [0, 0.1) is 0 Å². The summed E-state index contributed by atoms with van der Waals surface area (Å²) in [7, 11) is 0. The maximum atomic E-state index is 14.7. The van der Waals surface area contributed by atoms with Crippen LogP contribution in [0.25, 0.3) is 0 Å². The molecule has 0 fully saturated rings. The lowest BCUT2D eigenvalue weighted by Crippen LogP contribution is -2.38. The normalized spacial score (nSPS) is 12.8. The number of amides is 1. The molecule has 0 spiro atoms. The van der Waals surface area contributed by atoms with Crippen LogP contribution in [0.15, 0.2) is 60.7 Å². The van der Waals surface area contributed by atoms with Crippen molar-refractivity contribution in [2.75, 3.05) is 0 Å². The molecule has 2 rings (SSSR count). The summed E-state index contributed by atoms with van der Waals surface area (Å²) in [6.07, 6.45) is 0. The Morgan fingerprint density at radius 1 is 1.00 bits per heavy atom. The highest BCUT2D eigenvalue weighted by atomic mass is 19.3. The molecule has 1 atom stereocenters. The van der Waals surface area contributed by atoms with Gasteiger partial charge < -0.3 is 5.32 Å². The van der Waals surface area contributed by atoms with Gasteiger partial charge in [0.25, 0.3) is 5.92 Å². The van der Waals surface area contributed by atoms with Crippen molar-refractivity contribution in [2.45, 2.75) is 18.9 Å². The van der Waals surface area contributed by atoms with E-state index in [0.717, 1.165) is 0 Å². The third kappa shape index (κ3) is 3.02. The van der Waals surface area contributed by atoms with Crippen molar-refractivity contribution >= 4 is 5.91 Å². The van der Waals surface area contributed by atoms with Crippen molar-refractivity contribution in [3.63, 3.8) is 0 Å². The highest BCUT2D eigenvalue weighted by molar-refractivity contribution is 5.73. The summed E-state index contributed by atoms with van der Waals surface area (Å²) in [5.41, 5.74) is 0.249. The molecule has 2 nitrogen and oxygen atoms in total. The van der Waals surface area contributed by atoms with Gasteiger partial charge in [-0.2, -0.15) is 8.78 Å². The summed E-state index contributed by atoms with van der Waals surface area (Å²) in [6, 6.07) is 14.4. The Hall–Kier alpha value is -2.23. The van der Waals surface area contributed by atoms with Gasteiger partial charge in [0.1, 0.15) is 6.04 Å². The van der Waals surface area contributed by atoms with Crippen molar-refractivity contribution in [3.8, 4) is 0 Å². The van der Waals surface area contributed by atoms with E-state index in [0.29, 0.717) is 5.56 Å². The molecule has 20 heavy (non-hydrogen) atoms. The molecule has 2 aromatic carbocycles. The second-order valence-electron chi connectivity index (χ2n) is 4.53. The molecule has 0 aromatic heterocycles. The monoisotopic (exact) mass is 275 g/mol. The summed E-state index contributed by atoms with van der Waals surface area (Å²) < 4.78 is 29.3. The second kappa shape index (κ2) is 5.82. The molecule has 2 aromatic rings. The standard InChI is InChI=1S/C16H15F2NO/c1-12(20)19-15(13-8-4-2-5-9-13)16(17,18)14-10-6-3-7-11-14/h2-11,15H,1H3,(H,19,20). The Morgan fingerprint density at radius 2 is 1.50 bits per heavy atom. The van der Waals surface area contributed by atoms with Gasteiger partial charge in [-0.05, 0) is 5.56 Å². The maximum Gasteiger partial charge on any atom is 0.297 e. The number of rotatable bonds is 4. The average molecular weight is 275 g/mol. The summed E-state index contributed by atoms with van der Waals surface area (Å²) in [5, 5.41) is 2.35. The van der Waals surface area contributed by atoms with Crippen molar-refractivity contribution in [1.82, 2.24) is 5.32 Å². The van der Waals surface area contributed by atoms with E-state index in [4.69, 9.17) is 0 Å². The number of hydrogen-bond donors (Lipinski definition) is 1. The van der Waals surface area contributed by atoms with E-state index in [2.05, 4.69) is 5.32 Å². The number of alkyl halides is 2. The molecular weight excluding hydrogens is 260 g/mol. The second-order valence-corrected chi connectivity index (χ2v) is 4.53. The van der Waals surface area contributed by atoms with Crippen LogP contribution in [0.1, 0.15) is 24.1 Å². The molecule has 0 heterocycles. The Balaban J connectivity index is 2.43. The fourth-order valence-electron chi connectivity index (χ4n) is 2.06. The molecule has 0 bridgehead atoms. The number of hydrogen-bond acceptors (Lipinski definition) is 1. The van der Waals surface area contributed by atoms with E-state index in [1.807, 2.05) is 0 Å². The highest BCUT2D eigenvalue weighted by Gasteiger charge is 2.42. The van der Waals surface area contributed by atoms with Gasteiger partial charge in [-0.25, -0.2) is 0 Å². The lowest BCUT2D eigenvalue weighted by atomic mass is 9.94. The quantitative estimate of drug-likeness (QED) is 0.906. The fraction of sp³-hybridized carbons (Fsp3) is 0.188. The maximum absolute atomic E-state index is 14.7. The van der Waals surface area contributed by atoms with Crippen LogP contribution < -0.4 is 5.32 Å². The number of carbonyl (C=O) groups is 1. The zero-order valence-corrected chi connectivity index (χ0v) is 11.0. The predicted octanol–water partition coefficient (Wildman–Crippen LogP) is 3.66. The SMILES string of the molecule is CC(=O)NC(c1ccccc1)C(F)(F)c1ccccc1. The van der Waals surface area contributed by atoms with Crippen LogP contribution in [0.4, 0.5) is 8.78 Å². The predicted molar refractivity (Wildman–Crippen MR) is 73.3 cm³/mol. The van der Waals surface area contributed by atoms with E-state index in [1.165, 1.54) is 19.1 Å². The van der Waals surface area contributed by atoms with Gasteiger partial charge in [0, 0.05) is 12.5 Å². The van der Waals surface area contributed by atoms with E-state index < -0.39 is 17.9 Å². The molecule has 0 saturated carbocycles. The summed E-state index contributed by atoms with van der Waals surface area (Å²) in [6.45, 7) is 1.23. The largest absolute Gasteiger partial charge is 0.343 e. The van der Waals surface area contributed by atoms with Gasteiger partial charge in [-0.15, -0.1) is 0 Å². The summed E-state index contributed by atoms with van der Waals surface area (Å²) >= 11 is 0. The first kappa shape index (κ1) is 14.2. The zero-order valence-electron chi connectivity index (χ0n) is 11.0. The number of nitrogens with one attached hydrogen (secondary N) is 1. The average Bonchev–Trinajstić information content (AvgIpc) is 2.46. The van der Waals surface area contributed by atoms with Gasteiger partial charge in [0.05, 0.1) is 0 Å². The Bertz CT molecular complexity index is 570. The minimum absolute atomic E-state index is 0.123. The highest BCUT2D eigenvalue weighted by Crippen LogP contribution is 2.40. The van der Waals surface area contributed by atoms with Crippen molar-refractivity contribution in [3.05, 3.63) is 71.8 Å². The van der Waals surface area contributed by atoms with Crippen molar-refractivity contribution in [1.29, 1.82) is 0 Å². The molecule has 1 unspecified atom stereocenters. The van der Waals surface area contributed by atoms with Gasteiger partial charge in [-0.3, -0.25) is 4.79 Å². The molecule has 1 amide bonds. The molecular formula is C16H15F2NO. The Labute approximate surface area is 116 Å². The molecule has 4 heteroatoms. The van der Waals surface area contributed by atoms with Crippen LogP contribution >= 0.6 is 0 Å². The molecule has 104 valence electrons. The van der Waals surface area contributed by atoms with Gasteiger partial charge >= 0.3 is 0 Å². The van der Waals surface area contributed by atoms with Crippen LogP contribution in [0.2, 0.25) is 0 Å². The molecule has 0 aliphatic rings. The van der Waals surface area contributed by atoms with E-state index in [9.17, 15) is 13.6 Å². The van der Waals surface area contributed by atoms with Gasteiger partial charge in [0.2, 0.25) is 5.91 Å². The van der Waals surface area contributed by atoms with Gasteiger partial charge in [-0.1, -0.05) is 60.7 Å². The van der Waals surface area contributed by atoms with E-state index in [-0.39, 0.29) is 5.56 Å². The molecule has 0 aliphatic carbocycles. The Kier molecular flexibility index (Phi) is 4.13. The number of carbonyl (C=O) groups excluding carboxylic acids is 1. The molecule has 0 radical (unpaired) electrons. The third-order valence-electron chi connectivity index (χ3n) is 3.00. The van der Waals surface area contributed by atoms with Crippen molar-refractivity contribution in [2.24, 2.45) is 0 Å². The molecule has 0 aliphatic heterocycles. The first-order valence-electron chi connectivity index (χ1n) is 6.27. The summed E-state index contributed by atoms with van der Waals surface area (Å²) in [5.74, 6) is -3.68. The van der Waals surface area contributed by atoms with Crippen LogP contribution in [-0.2, 0) is 10.7 Å². The number of halogens is 2. The zero-order chi connectivity index (χ0) is 14.6. The minimum atomic E-state index is -3.19. The molecule has 1 N–H and O–H groups in total. The van der Waals surface area contributed by atoms with Crippen LogP contribution in [0.3, 0.4) is 0 Å². The smallest absolute Gasteiger partial charge is 0.297 e. The third-order valence-corrected chi connectivity index (χ3v) is 3.00. The first-order valence-corrected chi connectivity index (χ1v) is 6.27. The topological polar surface area (TPSA) is 29.1 Å². The van der Waals surface area contributed by atoms with E-state index in [1.54, 1.807) is 48.5 Å². The number of benzene rings is 2. The van der Waals surface area contributed by atoms with Gasteiger partial charge in [0.15, 0.2) is 0 Å². The van der Waals surface area contributed by atoms with Crippen molar-refractivity contribution < 1.29 is 13.6 Å². The van der Waals surface area contributed by atoms with Crippen LogP contribution in [0.5, 0.6) is 0 Å². The lowest BCUT2D eigenvalue weighted by molar-refractivity contribution is -0.124. The minimum Gasteiger partial charge on any atom is -0.343 e. The molecule has 0 saturated heterocycles. The summed E-state index contributed by atoms with van der Waals surface area (Å²) in [4.78, 5) is 11.3. The van der Waals surface area contributed by atoms with E-state index >= 15 is 0 Å². The van der Waals surface area contributed by atoms with Crippen LogP contribution in [-0.4, -0.2) is 5.91 Å². The lowest BCUT2D eigenvalue weighted by Gasteiger charge is -2.28. The first-order chi connectivity index (χ1) is 9.51. The Morgan fingerprint density at radius 3 is 2.00 bits per heavy atom.